The molecule has 4 rings (SSSR count). The minimum absolute atomic E-state index is 0.482. The van der Waals surface area contributed by atoms with E-state index in [9.17, 15) is 0 Å². The minimum Gasteiger partial charge on any atom is -0.489 e. The first-order valence-electron chi connectivity index (χ1n) is 9.91. The third kappa shape index (κ3) is 4.75. The largest absolute Gasteiger partial charge is 0.489 e. The Hall–Kier alpha value is -2.90. The Bertz CT molecular complexity index is 940. The van der Waals surface area contributed by atoms with Gasteiger partial charge < -0.3 is 24.6 Å². The third-order valence-electron chi connectivity index (χ3n) is 5.11. The lowest BCUT2D eigenvalue weighted by atomic mass is 10.2. The summed E-state index contributed by atoms with van der Waals surface area (Å²) in [5, 5.41) is 4.24. The van der Waals surface area contributed by atoms with Crippen molar-refractivity contribution in [2.45, 2.75) is 0 Å². The molecule has 0 radical (unpaired) electrons. The molecule has 7 nitrogen and oxygen atoms in total. The number of aromatic nitrogens is 2. The minimum atomic E-state index is 0.482. The Morgan fingerprint density at radius 2 is 1.79 bits per heavy atom. The fourth-order valence-corrected chi connectivity index (χ4v) is 3.39. The molecule has 1 aliphatic heterocycles. The van der Waals surface area contributed by atoms with Gasteiger partial charge in [-0.25, -0.2) is 9.97 Å². The molecule has 0 saturated carbocycles. The number of nitrogens with one attached hydrogen (secondary N) is 1. The average molecular weight is 393 g/mol. The highest BCUT2D eigenvalue weighted by atomic mass is 16.5. The number of ether oxygens (including phenoxy) is 2. The van der Waals surface area contributed by atoms with E-state index >= 15 is 0 Å². The number of anilines is 3. The lowest BCUT2D eigenvalue weighted by Gasteiger charge is -2.34. The van der Waals surface area contributed by atoms with Crippen molar-refractivity contribution in [3.8, 4) is 5.75 Å². The fourth-order valence-electron chi connectivity index (χ4n) is 3.39. The van der Waals surface area contributed by atoms with Crippen LogP contribution in [0.25, 0.3) is 10.9 Å². The SMILES string of the molecule is COCCOc1cccc2cnc(Nc3ccc(N4CCN(C)CC4)cc3)nc12. The quantitative estimate of drug-likeness (QED) is 0.619. The lowest BCUT2D eigenvalue weighted by molar-refractivity contribution is 0.147. The van der Waals surface area contributed by atoms with Crippen molar-refractivity contribution in [1.29, 1.82) is 0 Å². The summed E-state index contributed by atoms with van der Waals surface area (Å²) >= 11 is 0. The van der Waals surface area contributed by atoms with Crippen molar-refractivity contribution in [1.82, 2.24) is 14.9 Å². The number of hydrogen-bond acceptors (Lipinski definition) is 7. The van der Waals surface area contributed by atoms with Crippen LogP contribution in [0.5, 0.6) is 5.75 Å². The Kier molecular flexibility index (Phi) is 6.07. The van der Waals surface area contributed by atoms with Crippen molar-refractivity contribution >= 4 is 28.2 Å². The van der Waals surface area contributed by atoms with E-state index in [1.807, 2.05) is 24.4 Å². The molecule has 7 heteroatoms. The number of nitrogens with zero attached hydrogens (tertiary/aromatic N) is 4. The first-order chi connectivity index (χ1) is 14.2. The van der Waals surface area contributed by atoms with Crippen molar-refractivity contribution in [2.24, 2.45) is 0 Å². The molecule has 0 bridgehead atoms. The van der Waals surface area contributed by atoms with Gasteiger partial charge in [-0.05, 0) is 37.4 Å². The Morgan fingerprint density at radius 3 is 2.55 bits per heavy atom. The van der Waals surface area contributed by atoms with E-state index in [4.69, 9.17) is 9.47 Å². The number of likely N-dealkylation sites (N-methyl/N-ethyl adjacent to an activating group) is 1. The van der Waals surface area contributed by atoms with E-state index in [2.05, 4.69) is 56.4 Å². The van der Waals surface area contributed by atoms with E-state index < -0.39 is 0 Å². The topological polar surface area (TPSA) is 62.8 Å². The van der Waals surface area contributed by atoms with Crippen LogP contribution >= 0.6 is 0 Å². The normalized spacial score (nSPS) is 14.9. The Balaban J connectivity index is 1.48. The predicted molar refractivity (Wildman–Crippen MR) is 116 cm³/mol. The molecule has 0 amide bonds. The van der Waals surface area contributed by atoms with Crippen LogP contribution < -0.4 is 15.0 Å². The molecule has 1 aromatic heterocycles. The molecule has 1 aliphatic rings. The highest BCUT2D eigenvalue weighted by Crippen LogP contribution is 2.26. The van der Waals surface area contributed by atoms with E-state index in [1.165, 1.54) is 5.69 Å². The predicted octanol–water partition coefficient (Wildman–Crippen LogP) is 3.15. The standard InChI is InChI=1S/C22H27N5O2/c1-26-10-12-27(13-11-26)19-8-6-18(7-9-19)24-22-23-16-17-4-3-5-20(21(17)25-22)29-15-14-28-2/h3-9,16H,10-15H2,1-2H3,(H,23,24,25). The van der Waals surface area contributed by atoms with Crippen molar-refractivity contribution < 1.29 is 9.47 Å². The molecule has 152 valence electrons. The van der Waals surface area contributed by atoms with Crippen LogP contribution in [0, 0.1) is 0 Å². The van der Waals surface area contributed by atoms with E-state index in [-0.39, 0.29) is 0 Å². The van der Waals surface area contributed by atoms with Gasteiger partial charge >= 0.3 is 0 Å². The molecule has 29 heavy (non-hydrogen) atoms. The van der Waals surface area contributed by atoms with Gasteiger partial charge in [-0.1, -0.05) is 12.1 Å². The molecule has 2 heterocycles. The van der Waals surface area contributed by atoms with Gasteiger partial charge in [-0.3, -0.25) is 0 Å². The molecule has 1 saturated heterocycles. The average Bonchev–Trinajstić information content (AvgIpc) is 2.75. The summed E-state index contributed by atoms with van der Waals surface area (Å²) in [5.74, 6) is 1.28. The molecular weight excluding hydrogens is 366 g/mol. The van der Waals surface area contributed by atoms with Gasteiger partial charge in [0.25, 0.3) is 0 Å². The third-order valence-corrected chi connectivity index (χ3v) is 5.11. The highest BCUT2D eigenvalue weighted by molar-refractivity contribution is 5.85. The molecule has 0 aliphatic carbocycles. The maximum atomic E-state index is 5.80. The molecule has 1 fully saturated rings. The van der Waals surface area contributed by atoms with E-state index in [1.54, 1.807) is 7.11 Å². The van der Waals surface area contributed by atoms with E-state index in [0.29, 0.717) is 19.2 Å². The maximum absolute atomic E-state index is 5.80. The summed E-state index contributed by atoms with van der Waals surface area (Å²) in [6.45, 7) is 5.33. The number of benzene rings is 2. The zero-order valence-electron chi connectivity index (χ0n) is 17.0. The number of methoxy groups -OCH3 is 1. The number of fused-ring (bicyclic) bond motifs is 1. The van der Waals surface area contributed by atoms with Crippen molar-refractivity contribution in [3.63, 3.8) is 0 Å². The second kappa shape index (κ2) is 9.07. The van der Waals surface area contributed by atoms with Gasteiger partial charge in [0.1, 0.15) is 17.9 Å². The molecule has 0 spiro atoms. The van der Waals surface area contributed by atoms with Crippen molar-refractivity contribution in [3.05, 3.63) is 48.7 Å². The number of piperazine rings is 1. The van der Waals surface area contributed by atoms with Gasteiger partial charge in [-0.15, -0.1) is 0 Å². The first-order valence-corrected chi connectivity index (χ1v) is 9.91. The lowest BCUT2D eigenvalue weighted by Crippen LogP contribution is -2.44. The second-order valence-corrected chi connectivity index (χ2v) is 7.19. The summed E-state index contributed by atoms with van der Waals surface area (Å²) in [7, 11) is 3.83. The van der Waals surface area contributed by atoms with Gasteiger partial charge in [-0.2, -0.15) is 0 Å². The monoisotopic (exact) mass is 393 g/mol. The smallest absolute Gasteiger partial charge is 0.227 e. The van der Waals surface area contributed by atoms with Crippen LogP contribution in [-0.2, 0) is 4.74 Å². The van der Waals surface area contributed by atoms with Crippen LogP contribution in [0.15, 0.2) is 48.7 Å². The van der Waals surface area contributed by atoms with Crippen LogP contribution in [-0.4, -0.2) is 68.4 Å². The van der Waals surface area contributed by atoms with Gasteiger partial charge in [0.15, 0.2) is 0 Å². The Morgan fingerprint density at radius 1 is 1.00 bits per heavy atom. The number of rotatable bonds is 7. The fraction of sp³-hybridized carbons (Fsp3) is 0.364. The molecule has 1 N–H and O–H groups in total. The van der Waals surface area contributed by atoms with Crippen LogP contribution in [0.3, 0.4) is 0 Å². The van der Waals surface area contributed by atoms with Crippen LogP contribution in [0.2, 0.25) is 0 Å². The number of para-hydroxylation sites is 1. The zero-order valence-corrected chi connectivity index (χ0v) is 17.0. The number of hydrogen-bond donors (Lipinski definition) is 1. The summed E-state index contributed by atoms with van der Waals surface area (Å²) in [6, 6.07) is 14.3. The van der Waals surface area contributed by atoms with Gasteiger partial charge in [0.05, 0.1) is 6.61 Å². The van der Waals surface area contributed by atoms with Crippen LogP contribution in [0.1, 0.15) is 0 Å². The second-order valence-electron chi connectivity index (χ2n) is 7.19. The molecular formula is C22H27N5O2. The first kappa shape index (κ1) is 19.4. The van der Waals surface area contributed by atoms with Crippen molar-refractivity contribution in [2.75, 3.05) is 63.8 Å². The van der Waals surface area contributed by atoms with Gasteiger partial charge in [0, 0.05) is 56.2 Å². The summed E-state index contributed by atoms with van der Waals surface area (Å²) in [6.07, 6.45) is 1.81. The molecule has 3 aromatic rings. The zero-order chi connectivity index (χ0) is 20.1. The van der Waals surface area contributed by atoms with Gasteiger partial charge in [0.2, 0.25) is 5.95 Å². The highest BCUT2D eigenvalue weighted by Gasteiger charge is 2.14. The summed E-state index contributed by atoms with van der Waals surface area (Å²) in [4.78, 5) is 13.9. The summed E-state index contributed by atoms with van der Waals surface area (Å²) < 4.78 is 10.9. The summed E-state index contributed by atoms with van der Waals surface area (Å²) in [5.41, 5.74) is 2.99. The van der Waals surface area contributed by atoms with E-state index in [0.717, 1.165) is 48.5 Å². The van der Waals surface area contributed by atoms with Crippen LogP contribution in [0.4, 0.5) is 17.3 Å². The molecule has 2 aromatic carbocycles. The Labute approximate surface area is 171 Å². The molecule has 0 atom stereocenters. The molecule has 0 unspecified atom stereocenters. The maximum Gasteiger partial charge on any atom is 0.227 e.